The molecule has 0 radical (unpaired) electrons. The van der Waals surface area contributed by atoms with Crippen LogP contribution in [0.25, 0.3) is 22.1 Å². The molecule has 2 N–H and O–H groups in total. The van der Waals surface area contributed by atoms with Crippen LogP contribution in [0.3, 0.4) is 0 Å². The van der Waals surface area contributed by atoms with Gasteiger partial charge in [-0.15, -0.1) is 0 Å². The molecular formula is C20H20F2N4O4. The maximum absolute atomic E-state index is 13.6. The van der Waals surface area contributed by atoms with E-state index in [9.17, 15) is 23.8 Å². The van der Waals surface area contributed by atoms with Gasteiger partial charge >= 0.3 is 5.97 Å². The second-order valence-corrected chi connectivity index (χ2v) is 7.86. The predicted octanol–water partition coefficient (Wildman–Crippen LogP) is 2.64. The molecule has 0 amide bonds. The van der Waals surface area contributed by atoms with Crippen molar-refractivity contribution in [2.24, 2.45) is 0 Å². The van der Waals surface area contributed by atoms with E-state index in [1.54, 1.807) is 11.0 Å². The molecule has 2 fully saturated rings. The van der Waals surface area contributed by atoms with Gasteiger partial charge < -0.3 is 24.4 Å². The average Bonchev–Trinajstić information content (AvgIpc) is 3.28. The van der Waals surface area contributed by atoms with Crippen molar-refractivity contribution in [3.8, 4) is 0 Å². The normalized spacial score (nSPS) is 24.1. The number of aliphatic hydroxyl groups is 1. The molecule has 5 rings (SSSR count). The molecule has 2 aromatic heterocycles. The monoisotopic (exact) mass is 418 g/mol. The highest BCUT2D eigenvalue weighted by Gasteiger charge is 2.40. The number of furan rings is 1. The van der Waals surface area contributed by atoms with E-state index in [1.807, 2.05) is 18.2 Å². The van der Waals surface area contributed by atoms with Crippen molar-refractivity contribution in [1.82, 2.24) is 9.97 Å². The van der Waals surface area contributed by atoms with E-state index >= 15 is 0 Å². The molecule has 1 aromatic carbocycles. The Morgan fingerprint density at radius 3 is 2.67 bits per heavy atom. The molecule has 3 aromatic rings. The molecule has 0 spiro atoms. The standard InChI is InChI=1S/C20H20F2N4O4/c21-20(22)5-7-25(8-6-20)19-23-15-12-3-1-2-4-14(12)30-16(15)17(24-19)26-10-11(27)9-13(26)18(28)29/h1-4,11,13,27H,5-10H2,(H,28,29)/t11-,13-/m0/s1. The van der Waals surface area contributed by atoms with Gasteiger partial charge in [0.05, 0.1) is 6.10 Å². The number of alkyl halides is 2. The first kappa shape index (κ1) is 19.0. The highest BCUT2D eigenvalue weighted by Crippen LogP contribution is 2.38. The summed E-state index contributed by atoms with van der Waals surface area (Å²) in [5, 5.41) is 20.5. The Balaban J connectivity index is 1.67. The van der Waals surface area contributed by atoms with E-state index in [-0.39, 0.29) is 50.7 Å². The molecule has 2 atom stereocenters. The summed E-state index contributed by atoms with van der Waals surface area (Å²) < 4.78 is 33.2. The van der Waals surface area contributed by atoms with E-state index in [2.05, 4.69) is 9.97 Å². The molecule has 158 valence electrons. The Hall–Kier alpha value is -3.01. The third-order valence-corrected chi connectivity index (χ3v) is 5.80. The second-order valence-electron chi connectivity index (χ2n) is 7.86. The number of fused-ring (bicyclic) bond motifs is 3. The number of aliphatic carboxylic acids is 1. The lowest BCUT2D eigenvalue weighted by Gasteiger charge is -2.32. The van der Waals surface area contributed by atoms with Crippen LogP contribution in [-0.2, 0) is 4.79 Å². The molecule has 2 aliphatic rings. The van der Waals surface area contributed by atoms with E-state index in [4.69, 9.17) is 4.42 Å². The van der Waals surface area contributed by atoms with Gasteiger partial charge in [0.2, 0.25) is 5.95 Å². The third kappa shape index (κ3) is 3.11. The molecule has 2 aliphatic heterocycles. The van der Waals surface area contributed by atoms with Gasteiger partial charge in [-0.3, -0.25) is 0 Å². The van der Waals surface area contributed by atoms with Gasteiger partial charge in [-0.05, 0) is 12.1 Å². The molecule has 0 unspecified atom stereocenters. The predicted molar refractivity (Wildman–Crippen MR) is 105 cm³/mol. The Morgan fingerprint density at radius 2 is 1.93 bits per heavy atom. The number of carboxylic acids is 1. The van der Waals surface area contributed by atoms with Gasteiger partial charge in [0.1, 0.15) is 17.1 Å². The van der Waals surface area contributed by atoms with Crippen LogP contribution < -0.4 is 9.80 Å². The summed E-state index contributed by atoms with van der Waals surface area (Å²) in [7, 11) is 0. The van der Waals surface area contributed by atoms with Crippen LogP contribution in [-0.4, -0.2) is 63.9 Å². The number of hydrogen-bond acceptors (Lipinski definition) is 7. The Morgan fingerprint density at radius 1 is 1.20 bits per heavy atom. The minimum atomic E-state index is -2.71. The van der Waals surface area contributed by atoms with Crippen molar-refractivity contribution in [2.45, 2.75) is 37.3 Å². The zero-order valence-corrected chi connectivity index (χ0v) is 16.0. The van der Waals surface area contributed by atoms with Crippen molar-refractivity contribution in [2.75, 3.05) is 29.4 Å². The largest absolute Gasteiger partial charge is 0.480 e. The number of aromatic nitrogens is 2. The summed E-state index contributed by atoms with van der Waals surface area (Å²) in [5.74, 6) is -3.27. The summed E-state index contributed by atoms with van der Waals surface area (Å²) in [6.45, 7) is 0.273. The van der Waals surface area contributed by atoms with Gasteiger partial charge in [-0.1, -0.05) is 12.1 Å². The molecular weight excluding hydrogens is 398 g/mol. The first-order valence-corrected chi connectivity index (χ1v) is 9.82. The summed E-state index contributed by atoms with van der Waals surface area (Å²) in [6, 6.07) is 6.28. The molecule has 0 bridgehead atoms. The van der Waals surface area contributed by atoms with Crippen LogP contribution in [0, 0.1) is 0 Å². The molecule has 0 saturated carbocycles. The molecule has 30 heavy (non-hydrogen) atoms. The van der Waals surface area contributed by atoms with E-state index in [0.29, 0.717) is 16.7 Å². The minimum absolute atomic E-state index is 0.0618. The van der Waals surface area contributed by atoms with Gasteiger partial charge in [0, 0.05) is 44.3 Å². The lowest BCUT2D eigenvalue weighted by atomic mass is 10.1. The van der Waals surface area contributed by atoms with Crippen molar-refractivity contribution < 1.29 is 28.2 Å². The zero-order valence-electron chi connectivity index (χ0n) is 16.0. The van der Waals surface area contributed by atoms with E-state index in [0.717, 1.165) is 5.39 Å². The third-order valence-electron chi connectivity index (χ3n) is 5.80. The van der Waals surface area contributed by atoms with Gasteiger partial charge in [-0.25, -0.2) is 18.6 Å². The van der Waals surface area contributed by atoms with Crippen molar-refractivity contribution in [3.63, 3.8) is 0 Å². The number of aliphatic hydroxyl groups excluding tert-OH is 1. The lowest BCUT2D eigenvalue weighted by Crippen LogP contribution is -2.41. The molecule has 0 aliphatic carbocycles. The Kier molecular flexibility index (Phi) is 4.28. The summed E-state index contributed by atoms with van der Waals surface area (Å²) >= 11 is 0. The van der Waals surface area contributed by atoms with Gasteiger partial charge in [0.25, 0.3) is 5.92 Å². The zero-order chi connectivity index (χ0) is 21.0. The summed E-state index contributed by atoms with van der Waals surface area (Å²) in [6.07, 6.45) is -1.35. The number of carboxylic acid groups (broad SMARTS) is 1. The number of nitrogens with zero attached hydrogens (tertiary/aromatic N) is 4. The van der Waals surface area contributed by atoms with Gasteiger partial charge in [-0.2, -0.15) is 4.98 Å². The van der Waals surface area contributed by atoms with E-state index < -0.39 is 24.0 Å². The van der Waals surface area contributed by atoms with Crippen LogP contribution >= 0.6 is 0 Å². The number of para-hydroxylation sites is 1. The smallest absolute Gasteiger partial charge is 0.326 e. The maximum Gasteiger partial charge on any atom is 0.326 e. The molecule has 2 saturated heterocycles. The van der Waals surface area contributed by atoms with Crippen LogP contribution in [0.1, 0.15) is 19.3 Å². The first-order valence-electron chi connectivity index (χ1n) is 9.82. The molecule has 10 heteroatoms. The number of β-amino-alcohol motifs (C(OH)–C–C–N with tert-alkyl or cyclic N) is 1. The SMILES string of the molecule is O=C(O)[C@@H]1C[C@H](O)CN1c1nc(N2CCC(F)(F)CC2)nc2c1oc1ccccc12. The fourth-order valence-corrected chi connectivity index (χ4v) is 4.22. The number of benzene rings is 1. The van der Waals surface area contributed by atoms with Crippen molar-refractivity contribution >= 4 is 39.8 Å². The first-order chi connectivity index (χ1) is 14.3. The summed E-state index contributed by atoms with van der Waals surface area (Å²) in [4.78, 5) is 24.1. The van der Waals surface area contributed by atoms with Crippen LogP contribution in [0.5, 0.6) is 0 Å². The number of halogens is 2. The number of piperidine rings is 1. The topological polar surface area (TPSA) is 103 Å². The average molecular weight is 418 g/mol. The van der Waals surface area contributed by atoms with Crippen molar-refractivity contribution in [3.05, 3.63) is 24.3 Å². The van der Waals surface area contributed by atoms with Crippen LogP contribution in [0.15, 0.2) is 28.7 Å². The van der Waals surface area contributed by atoms with Crippen LogP contribution in [0.4, 0.5) is 20.5 Å². The quantitative estimate of drug-likeness (QED) is 0.669. The fraction of sp³-hybridized carbons (Fsp3) is 0.450. The summed E-state index contributed by atoms with van der Waals surface area (Å²) in [5.41, 5.74) is 1.38. The number of anilines is 2. The lowest BCUT2D eigenvalue weighted by molar-refractivity contribution is -0.138. The highest BCUT2D eigenvalue weighted by atomic mass is 19.3. The number of carbonyl (C=O) groups is 1. The van der Waals surface area contributed by atoms with E-state index in [1.165, 1.54) is 4.90 Å². The van der Waals surface area contributed by atoms with Gasteiger partial charge in [0.15, 0.2) is 11.4 Å². The second kappa shape index (κ2) is 6.76. The molecule has 4 heterocycles. The Bertz CT molecular complexity index is 1120. The minimum Gasteiger partial charge on any atom is -0.480 e. The maximum atomic E-state index is 13.6. The number of rotatable bonds is 3. The number of hydrogen-bond donors (Lipinski definition) is 2. The van der Waals surface area contributed by atoms with Crippen LogP contribution in [0.2, 0.25) is 0 Å². The fourth-order valence-electron chi connectivity index (χ4n) is 4.22. The Labute approximate surface area is 169 Å². The highest BCUT2D eigenvalue weighted by molar-refractivity contribution is 6.06. The molecule has 8 nitrogen and oxygen atoms in total. The van der Waals surface area contributed by atoms with Crippen molar-refractivity contribution in [1.29, 1.82) is 0 Å².